The zero-order chi connectivity index (χ0) is 16.8. The normalized spacial score (nSPS) is 14.3. The highest BCUT2D eigenvalue weighted by Crippen LogP contribution is 2.23. The molecule has 1 saturated heterocycles. The number of amides is 2. The Bertz CT molecular complexity index is 685. The molecule has 6 heteroatoms. The molecule has 0 unspecified atom stereocenters. The minimum atomic E-state index is -0.233. The van der Waals surface area contributed by atoms with E-state index in [-0.39, 0.29) is 6.03 Å². The Kier molecular flexibility index (Phi) is 5.28. The van der Waals surface area contributed by atoms with Crippen LogP contribution >= 0.6 is 0 Å². The van der Waals surface area contributed by atoms with Gasteiger partial charge in [0.05, 0.1) is 25.5 Å². The van der Waals surface area contributed by atoms with Crippen molar-refractivity contribution in [3.8, 4) is 0 Å². The minimum absolute atomic E-state index is 0.233. The summed E-state index contributed by atoms with van der Waals surface area (Å²) in [7, 11) is 0. The maximum atomic E-state index is 12.0. The topological polar surface area (TPSA) is 66.5 Å². The molecule has 0 saturated carbocycles. The van der Waals surface area contributed by atoms with E-state index < -0.39 is 0 Å². The fourth-order valence-corrected chi connectivity index (χ4v) is 2.65. The van der Waals surface area contributed by atoms with Gasteiger partial charge in [0, 0.05) is 30.7 Å². The number of benzene rings is 1. The smallest absolute Gasteiger partial charge is 0.319 e. The van der Waals surface area contributed by atoms with Crippen molar-refractivity contribution in [3.63, 3.8) is 0 Å². The summed E-state index contributed by atoms with van der Waals surface area (Å²) in [5, 5.41) is 5.70. The maximum absolute atomic E-state index is 12.0. The highest BCUT2D eigenvalue weighted by Gasteiger charge is 2.12. The first-order chi connectivity index (χ1) is 11.7. The van der Waals surface area contributed by atoms with Gasteiger partial charge in [-0.3, -0.25) is 4.98 Å². The quantitative estimate of drug-likeness (QED) is 0.906. The molecule has 0 spiro atoms. The third-order valence-corrected chi connectivity index (χ3v) is 3.99. The summed E-state index contributed by atoms with van der Waals surface area (Å²) < 4.78 is 5.38. The largest absolute Gasteiger partial charge is 0.378 e. The molecule has 2 N–H and O–H groups in total. The number of carbonyl (C=O) groups excluding carboxylic acids is 1. The standard InChI is InChI=1S/C18H22N4O2/c1-14-12-16(22-8-10-24-11-9-22)5-6-17(14)21-18(23)20-13-15-4-2-3-7-19-15/h2-7,12H,8-11,13H2,1H3,(H2,20,21,23). The summed E-state index contributed by atoms with van der Waals surface area (Å²) in [6, 6.07) is 11.5. The number of aromatic nitrogens is 1. The van der Waals surface area contributed by atoms with E-state index in [1.807, 2.05) is 37.3 Å². The van der Waals surface area contributed by atoms with E-state index in [9.17, 15) is 4.79 Å². The van der Waals surface area contributed by atoms with Gasteiger partial charge >= 0.3 is 6.03 Å². The monoisotopic (exact) mass is 326 g/mol. The van der Waals surface area contributed by atoms with Crippen LogP contribution in [0.25, 0.3) is 0 Å². The number of hydrogen-bond donors (Lipinski definition) is 2. The molecule has 1 aliphatic rings. The molecule has 126 valence electrons. The van der Waals surface area contributed by atoms with Crippen molar-refractivity contribution in [1.29, 1.82) is 0 Å². The SMILES string of the molecule is Cc1cc(N2CCOCC2)ccc1NC(=O)NCc1ccccn1. The van der Waals surface area contributed by atoms with Crippen LogP contribution in [-0.4, -0.2) is 37.3 Å². The van der Waals surface area contributed by atoms with Gasteiger partial charge < -0.3 is 20.3 Å². The van der Waals surface area contributed by atoms with E-state index in [0.29, 0.717) is 6.54 Å². The van der Waals surface area contributed by atoms with Crippen molar-refractivity contribution in [3.05, 3.63) is 53.9 Å². The number of nitrogens with one attached hydrogen (secondary N) is 2. The molecule has 2 amide bonds. The second kappa shape index (κ2) is 7.79. The summed E-state index contributed by atoms with van der Waals surface area (Å²) in [4.78, 5) is 18.5. The van der Waals surface area contributed by atoms with E-state index in [0.717, 1.165) is 48.9 Å². The lowest BCUT2D eigenvalue weighted by Crippen LogP contribution is -2.36. The first-order valence-electron chi connectivity index (χ1n) is 8.10. The molecule has 0 atom stereocenters. The van der Waals surface area contributed by atoms with E-state index in [1.165, 1.54) is 0 Å². The molecule has 3 rings (SSSR count). The van der Waals surface area contributed by atoms with Crippen LogP contribution in [-0.2, 0) is 11.3 Å². The van der Waals surface area contributed by atoms with Crippen LogP contribution in [0.15, 0.2) is 42.6 Å². The van der Waals surface area contributed by atoms with Crippen LogP contribution < -0.4 is 15.5 Å². The van der Waals surface area contributed by atoms with E-state index in [4.69, 9.17) is 4.74 Å². The number of pyridine rings is 1. The van der Waals surface area contributed by atoms with Crippen molar-refractivity contribution < 1.29 is 9.53 Å². The summed E-state index contributed by atoms with van der Waals surface area (Å²) in [6.45, 7) is 5.72. The average Bonchev–Trinajstić information content (AvgIpc) is 2.63. The second-order valence-electron chi connectivity index (χ2n) is 5.73. The van der Waals surface area contributed by atoms with Crippen LogP contribution in [0.5, 0.6) is 0 Å². The lowest BCUT2D eigenvalue weighted by Gasteiger charge is -2.29. The molecule has 0 bridgehead atoms. The molecule has 1 fully saturated rings. The van der Waals surface area contributed by atoms with Crippen molar-refractivity contribution in [1.82, 2.24) is 10.3 Å². The Labute approximate surface area is 141 Å². The summed E-state index contributed by atoms with van der Waals surface area (Å²) in [5.74, 6) is 0. The molecule has 24 heavy (non-hydrogen) atoms. The van der Waals surface area contributed by atoms with Gasteiger partial charge in [-0.05, 0) is 42.8 Å². The van der Waals surface area contributed by atoms with E-state index in [1.54, 1.807) is 6.20 Å². The molecule has 6 nitrogen and oxygen atoms in total. The fraction of sp³-hybridized carbons (Fsp3) is 0.333. The zero-order valence-electron chi connectivity index (χ0n) is 13.8. The predicted octanol–water partition coefficient (Wildman–Crippen LogP) is 2.55. The number of anilines is 2. The van der Waals surface area contributed by atoms with Crippen molar-refractivity contribution in [2.75, 3.05) is 36.5 Å². The Morgan fingerprint density at radius 3 is 2.79 bits per heavy atom. The van der Waals surface area contributed by atoms with Crippen LogP contribution in [0.1, 0.15) is 11.3 Å². The average molecular weight is 326 g/mol. The number of ether oxygens (including phenoxy) is 1. The number of nitrogens with zero attached hydrogens (tertiary/aromatic N) is 2. The van der Waals surface area contributed by atoms with Crippen molar-refractivity contribution >= 4 is 17.4 Å². The van der Waals surface area contributed by atoms with Crippen LogP contribution in [0.2, 0.25) is 0 Å². The summed E-state index contributed by atoms with van der Waals surface area (Å²) in [5.41, 5.74) is 3.83. The molecule has 2 aromatic rings. The lowest BCUT2D eigenvalue weighted by molar-refractivity contribution is 0.122. The van der Waals surface area contributed by atoms with Crippen LogP contribution in [0, 0.1) is 6.92 Å². The number of morpholine rings is 1. The van der Waals surface area contributed by atoms with E-state index in [2.05, 4.69) is 26.6 Å². The van der Waals surface area contributed by atoms with Crippen molar-refractivity contribution in [2.45, 2.75) is 13.5 Å². The molecule has 1 aromatic heterocycles. The molecule has 1 aliphatic heterocycles. The lowest BCUT2D eigenvalue weighted by atomic mass is 10.1. The van der Waals surface area contributed by atoms with Crippen molar-refractivity contribution in [2.24, 2.45) is 0 Å². The van der Waals surface area contributed by atoms with E-state index >= 15 is 0 Å². The Morgan fingerprint density at radius 2 is 2.08 bits per heavy atom. The maximum Gasteiger partial charge on any atom is 0.319 e. The van der Waals surface area contributed by atoms with Gasteiger partial charge in [-0.2, -0.15) is 0 Å². The first-order valence-corrected chi connectivity index (χ1v) is 8.10. The third kappa shape index (κ3) is 4.23. The molecular weight excluding hydrogens is 304 g/mol. The van der Waals surface area contributed by atoms with Crippen LogP contribution in [0.4, 0.5) is 16.2 Å². The van der Waals surface area contributed by atoms with Gasteiger partial charge in [-0.1, -0.05) is 6.07 Å². The van der Waals surface area contributed by atoms with Gasteiger partial charge in [0.1, 0.15) is 0 Å². The molecular formula is C18H22N4O2. The fourth-order valence-electron chi connectivity index (χ4n) is 2.65. The Hall–Kier alpha value is -2.60. The number of urea groups is 1. The molecule has 0 aliphatic carbocycles. The zero-order valence-corrected chi connectivity index (χ0v) is 13.8. The number of aryl methyl sites for hydroxylation is 1. The van der Waals surface area contributed by atoms with Gasteiger partial charge in [0.2, 0.25) is 0 Å². The van der Waals surface area contributed by atoms with Gasteiger partial charge in [-0.25, -0.2) is 4.79 Å². The first kappa shape index (κ1) is 16.3. The van der Waals surface area contributed by atoms with Crippen LogP contribution in [0.3, 0.4) is 0 Å². The Balaban J connectivity index is 1.57. The number of hydrogen-bond acceptors (Lipinski definition) is 4. The highest BCUT2D eigenvalue weighted by atomic mass is 16.5. The predicted molar refractivity (Wildman–Crippen MR) is 94.3 cm³/mol. The summed E-state index contributed by atoms with van der Waals surface area (Å²) >= 11 is 0. The highest BCUT2D eigenvalue weighted by molar-refractivity contribution is 5.90. The van der Waals surface area contributed by atoms with Gasteiger partial charge in [-0.15, -0.1) is 0 Å². The molecule has 0 radical (unpaired) electrons. The van der Waals surface area contributed by atoms with Gasteiger partial charge in [0.15, 0.2) is 0 Å². The molecule has 2 heterocycles. The molecule has 1 aromatic carbocycles. The van der Waals surface area contributed by atoms with Gasteiger partial charge in [0.25, 0.3) is 0 Å². The minimum Gasteiger partial charge on any atom is -0.378 e. The number of carbonyl (C=O) groups is 1. The summed E-state index contributed by atoms with van der Waals surface area (Å²) in [6.07, 6.45) is 1.71. The third-order valence-electron chi connectivity index (χ3n) is 3.99. The second-order valence-corrected chi connectivity index (χ2v) is 5.73. The Morgan fingerprint density at radius 1 is 1.25 bits per heavy atom. The number of rotatable bonds is 4.